The first kappa shape index (κ1) is 9.08. The lowest BCUT2D eigenvalue weighted by molar-refractivity contribution is 0.796. The van der Waals surface area contributed by atoms with Gasteiger partial charge in [-0.3, -0.25) is 9.78 Å². The first-order valence-electron chi connectivity index (χ1n) is 3.93. The van der Waals surface area contributed by atoms with Crippen molar-refractivity contribution >= 4 is 15.9 Å². The van der Waals surface area contributed by atoms with E-state index in [1.165, 1.54) is 4.68 Å². The molecule has 5 heteroatoms. The lowest BCUT2D eigenvalue weighted by Gasteiger charge is -2.02. The van der Waals surface area contributed by atoms with Crippen molar-refractivity contribution in [2.45, 2.75) is 0 Å². The third-order valence-corrected chi connectivity index (χ3v) is 2.29. The van der Waals surface area contributed by atoms with Crippen LogP contribution in [-0.2, 0) is 0 Å². The molecule has 0 radical (unpaired) electrons. The van der Waals surface area contributed by atoms with Crippen LogP contribution < -0.4 is 5.56 Å². The van der Waals surface area contributed by atoms with Crippen LogP contribution in [0.2, 0.25) is 0 Å². The SMILES string of the molecule is O=c1c(Br)ccnn1-c1cccnc1. The summed E-state index contributed by atoms with van der Waals surface area (Å²) in [6, 6.07) is 5.13. The number of pyridine rings is 1. The zero-order chi connectivity index (χ0) is 9.97. The minimum atomic E-state index is -0.194. The van der Waals surface area contributed by atoms with Gasteiger partial charge in [0.15, 0.2) is 0 Å². The van der Waals surface area contributed by atoms with E-state index >= 15 is 0 Å². The lowest BCUT2D eigenvalue weighted by atomic mass is 10.4. The van der Waals surface area contributed by atoms with Crippen LogP contribution in [0.5, 0.6) is 0 Å². The number of hydrogen-bond donors (Lipinski definition) is 0. The van der Waals surface area contributed by atoms with E-state index in [2.05, 4.69) is 26.0 Å². The Hall–Kier alpha value is -1.49. The number of aromatic nitrogens is 3. The Balaban J connectivity index is 2.64. The van der Waals surface area contributed by atoms with Crippen LogP contribution in [0.4, 0.5) is 0 Å². The molecule has 2 aromatic heterocycles. The predicted octanol–water partition coefficient (Wildman–Crippen LogP) is 1.39. The van der Waals surface area contributed by atoms with Crippen molar-refractivity contribution in [3.63, 3.8) is 0 Å². The average molecular weight is 252 g/mol. The van der Waals surface area contributed by atoms with Crippen molar-refractivity contribution in [1.82, 2.24) is 14.8 Å². The monoisotopic (exact) mass is 251 g/mol. The Labute approximate surface area is 88.4 Å². The molecule has 0 atom stereocenters. The first-order valence-corrected chi connectivity index (χ1v) is 4.72. The van der Waals surface area contributed by atoms with E-state index in [-0.39, 0.29) is 5.56 Å². The summed E-state index contributed by atoms with van der Waals surface area (Å²) in [6.07, 6.45) is 4.78. The molecule has 0 unspecified atom stereocenters. The van der Waals surface area contributed by atoms with E-state index in [0.717, 1.165) is 0 Å². The van der Waals surface area contributed by atoms with Gasteiger partial charge in [-0.2, -0.15) is 9.78 Å². The van der Waals surface area contributed by atoms with Crippen molar-refractivity contribution in [3.8, 4) is 5.69 Å². The van der Waals surface area contributed by atoms with Crippen molar-refractivity contribution < 1.29 is 0 Å². The average Bonchev–Trinajstić information content (AvgIpc) is 2.23. The van der Waals surface area contributed by atoms with Crippen LogP contribution in [0.15, 0.2) is 46.1 Å². The van der Waals surface area contributed by atoms with E-state index < -0.39 is 0 Å². The quantitative estimate of drug-likeness (QED) is 0.770. The van der Waals surface area contributed by atoms with Crippen molar-refractivity contribution in [2.24, 2.45) is 0 Å². The summed E-state index contributed by atoms with van der Waals surface area (Å²) < 4.78 is 1.77. The van der Waals surface area contributed by atoms with Crippen LogP contribution in [0.1, 0.15) is 0 Å². The number of rotatable bonds is 1. The standard InChI is InChI=1S/C9H6BrN3O/c10-8-3-5-12-13(9(8)14)7-2-1-4-11-6-7/h1-6H. The Morgan fingerprint density at radius 1 is 1.29 bits per heavy atom. The Morgan fingerprint density at radius 2 is 2.14 bits per heavy atom. The second-order valence-corrected chi connectivity index (χ2v) is 3.46. The van der Waals surface area contributed by atoms with Gasteiger partial charge in [-0.05, 0) is 34.1 Å². The maximum Gasteiger partial charge on any atom is 0.285 e. The van der Waals surface area contributed by atoms with Gasteiger partial charge < -0.3 is 0 Å². The molecule has 2 rings (SSSR count). The normalized spacial score (nSPS) is 10.1. The Morgan fingerprint density at radius 3 is 2.86 bits per heavy atom. The fourth-order valence-electron chi connectivity index (χ4n) is 1.05. The third kappa shape index (κ3) is 1.58. The van der Waals surface area contributed by atoms with Crippen molar-refractivity contribution in [1.29, 1.82) is 0 Å². The highest BCUT2D eigenvalue weighted by molar-refractivity contribution is 9.10. The molecule has 4 nitrogen and oxygen atoms in total. The molecule has 0 aromatic carbocycles. The van der Waals surface area contributed by atoms with Crippen LogP contribution in [0.25, 0.3) is 5.69 Å². The van der Waals surface area contributed by atoms with Crippen LogP contribution in [0.3, 0.4) is 0 Å². The molecule has 0 aliphatic heterocycles. The molecule has 70 valence electrons. The molecule has 0 saturated heterocycles. The van der Waals surface area contributed by atoms with Crippen LogP contribution >= 0.6 is 15.9 Å². The number of hydrogen-bond acceptors (Lipinski definition) is 3. The zero-order valence-corrected chi connectivity index (χ0v) is 8.68. The summed E-state index contributed by atoms with van der Waals surface area (Å²) in [7, 11) is 0. The van der Waals surface area contributed by atoms with Gasteiger partial charge in [0.05, 0.1) is 16.4 Å². The molecule has 0 aliphatic rings. The maximum absolute atomic E-state index is 11.6. The van der Waals surface area contributed by atoms with Crippen molar-refractivity contribution in [3.05, 3.63) is 51.6 Å². The first-order chi connectivity index (χ1) is 6.79. The minimum absolute atomic E-state index is 0.194. The maximum atomic E-state index is 11.6. The summed E-state index contributed by atoms with van der Waals surface area (Å²) in [5.41, 5.74) is 0.458. The van der Waals surface area contributed by atoms with Gasteiger partial charge in [-0.15, -0.1) is 0 Å². The van der Waals surface area contributed by atoms with Gasteiger partial charge in [-0.25, -0.2) is 0 Å². The molecule has 14 heavy (non-hydrogen) atoms. The highest BCUT2D eigenvalue weighted by Crippen LogP contribution is 2.03. The third-order valence-electron chi connectivity index (χ3n) is 1.69. The second kappa shape index (κ2) is 3.71. The largest absolute Gasteiger partial charge is 0.285 e. The lowest BCUT2D eigenvalue weighted by Crippen LogP contribution is -2.20. The molecule has 0 amide bonds. The van der Waals surface area contributed by atoms with Crippen LogP contribution in [-0.4, -0.2) is 14.8 Å². The van der Waals surface area contributed by atoms with E-state index in [4.69, 9.17) is 0 Å². The highest BCUT2D eigenvalue weighted by Gasteiger charge is 2.02. The molecule has 0 aliphatic carbocycles. The molecular formula is C9H6BrN3O. The summed E-state index contributed by atoms with van der Waals surface area (Å²) in [4.78, 5) is 15.5. The molecule has 0 fully saturated rings. The van der Waals surface area contributed by atoms with Gasteiger partial charge in [0, 0.05) is 12.4 Å². The van der Waals surface area contributed by atoms with E-state index in [1.54, 1.807) is 36.8 Å². The van der Waals surface area contributed by atoms with E-state index in [1.807, 2.05) is 0 Å². The van der Waals surface area contributed by atoms with Crippen LogP contribution in [0, 0.1) is 0 Å². The molecule has 2 aromatic rings. The zero-order valence-electron chi connectivity index (χ0n) is 7.09. The van der Waals surface area contributed by atoms with E-state index in [0.29, 0.717) is 10.2 Å². The minimum Gasteiger partial charge on any atom is -0.266 e. The van der Waals surface area contributed by atoms with Gasteiger partial charge in [0.2, 0.25) is 0 Å². The van der Waals surface area contributed by atoms with Gasteiger partial charge in [-0.1, -0.05) is 0 Å². The Bertz CT molecular complexity index is 495. The summed E-state index contributed by atoms with van der Waals surface area (Å²) in [5, 5.41) is 3.94. The predicted molar refractivity (Wildman–Crippen MR) is 55.3 cm³/mol. The molecule has 0 spiro atoms. The fraction of sp³-hybridized carbons (Fsp3) is 0. The van der Waals surface area contributed by atoms with Gasteiger partial charge >= 0.3 is 0 Å². The summed E-state index contributed by atoms with van der Waals surface area (Å²) in [6.45, 7) is 0. The van der Waals surface area contributed by atoms with Gasteiger partial charge in [0.1, 0.15) is 0 Å². The fourth-order valence-corrected chi connectivity index (χ4v) is 1.34. The second-order valence-electron chi connectivity index (χ2n) is 2.61. The number of nitrogens with zero attached hydrogens (tertiary/aromatic N) is 3. The van der Waals surface area contributed by atoms with Gasteiger partial charge in [0.25, 0.3) is 5.56 Å². The smallest absolute Gasteiger partial charge is 0.266 e. The number of halogens is 1. The molecule has 0 saturated carbocycles. The van der Waals surface area contributed by atoms with Crippen molar-refractivity contribution in [2.75, 3.05) is 0 Å². The summed E-state index contributed by atoms with van der Waals surface area (Å²) >= 11 is 3.15. The van der Waals surface area contributed by atoms with E-state index in [9.17, 15) is 4.79 Å². The molecule has 0 N–H and O–H groups in total. The molecule has 2 heterocycles. The topological polar surface area (TPSA) is 47.8 Å². The molecular weight excluding hydrogens is 246 g/mol. The highest BCUT2D eigenvalue weighted by atomic mass is 79.9. The summed E-state index contributed by atoms with van der Waals surface area (Å²) in [5.74, 6) is 0. The Kier molecular flexibility index (Phi) is 2.41. The molecule has 0 bridgehead atoms.